The van der Waals surface area contributed by atoms with Crippen molar-refractivity contribution in [1.82, 2.24) is 10.2 Å². The molecule has 0 aliphatic heterocycles. The average molecular weight is 244 g/mol. The Bertz CT molecular complexity index is 315. The Labute approximate surface area is 89.0 Å². The van der Waals surface area contributed by atoms with Crippen LogP contribution in [0, 0.1) is 0 Å². The monoisotopic (exact) mass is 243 g/mol. The van der Waals surface area contributed by atoms with Gasteiger partial charge in [-0.3, -0.25) is 0 Å². The lowest BCUT2D eigenvalue weighted by Crippen LogP contribution is -2.34. The number of hydrogen-bond donors (Lipinski definition) is 0. The second-order valence-electron chi connectivity index (χ2n) is 2.74. The van der Waals surface area contributed by atoms with Crippen molar-refractivity contribution in [3.8, 4) is 0 Å². The Hall–Kier alpha value is -0.980. The first kappa shape index (κ1) is 12.1. The molecule has 0 N–H and O–H groups in total. The highest BCUT2D eigenvalue weighted by Gasteiger charge is 2.32. The fourth-order valence-corrected chi connectivity index (χ4v) is 1.07. The molecule has 4 nitrogen and oxygen atoms in total. The van der Waals surface area contributed by atoms with E-state index in [1.807, 2.05) is 0 Å². The summed E-state index contributed by atoms with van der Waals surface area (Å²) in [5, 5.41) is 6.94. The molecule has 8 heteroatoms. The summed E-state index contributed by atoms with van der Waals surface area (Å²) in [6.07, 6.45) is -4.30. The van der Waals surface area contributed by atoms with E-state index in [9.17, 15) is 13.2 Å². The van der Waals surface area contributed by atoms with Gasteiger partial charge in [0.1, 0.15) is 12.4 Å². The van der Waals surface area contributed by atoms with Crippen LogP contribution in [0.4, 0.5) is 19.2 Å². The predicted molar refractivity (Wildman–Crippen MR) is 47.8 cm³/mol. The standard InChI is InChI=1S/C7H9ClF3N3O/c1-2-14(4-7(9,10)11)6-13-12-5(3-8)15-6/h2-4H2,1H3. The van der Waals surface area contributed by atoms with Crippen molar-refractivity contribution < 1.29 is 17.6 Å². The Kier molecular flexibility index (Phi) is 3.78. The molecule has 0 aliphatic carbocycles. The van der Waals surface area contributed by atoms with Gasteiger partial charge in [0.2, 0.25) is 5.89 Å². The molecule has 1 aromatic rings. The van der Waals surface area contributed by atoms with E-state index < -0.39 is 12.7 Å². The number of aromatic nitrogens is 2. The summed E-state index contributed by atoms with van der Waals surface area (Å²) >= 11 is 5.38. The maximum atomic E-state index is 12.1. The number of nitrogens with zero attached hydrogens (tertiary/aromatic N) is 3. The molecule has 0 atom stereocenters. The first-order valence-electron chi connectivity index (χ1n) is 4.16. The fraction of sp³-hybridized carbons (Fsp3) is 0.714. The van der Waals surface area contributed by atoms with Crippen LogP contribution >= 0.6 is 11.6 Å². The Balaban J connectivity index is 2.74. The molecule has 0 saturated carbocycles. The van der Waals surface area contributed by atoms with Crippen LogP contribution in [0.1, 0.15) is 12.8 Å². The van der Waals surface area contributed by atoms with Gasteiger partial charge in [0.15, 0.2) is 0 Å². The molecular weight excluding hydrogens is 235 g/mol. The average Bonchev–Trinajstić information content (AvgIpc) is 2.60. The van der Waals surface area contributed by atoms with Crippen molar-refractivity contribution in [3.05, 3.63) is 5.89 Å². The third-order valence-corrected chi connectivity index (χ3v) is 1.82. The lowest BCUT2D eigenvalue weighted by atomic mass is 10.5. The van der Waals surface area contributed by atoms with Crippen LogP contribution in [0.2, 0.25) is 0 Å². The van der Waals surface area contributed by atoms with Gasteiger partial charge in [-0.25, -0.2) is 0 Å². The highest BCUT2D eigenvalue weighted by Crippen LogP contribution is 2.21. The quantitative estimate of drug-likeness (QED) is 0.761. The Morgan fingerprint density at radius 3 is 2.47 bits per heavy atom. The van der Waals surface area contributed by atoms with Gasteiger partial charge in [-0.05, 0) is 6.92 Å². The van der Waals surface area contributed by atoms with E-state index in [4.69, 9.17) is 16.0 Å². The first-order chi connectivity index (χ1) is 6.96. The lowest BCUT2D eigenvalue weighted by Gasteiger charge is -2.19. The van der Waals surface area contributed by atoms with Crippen LogP contribution in [0.3, 0.4) is 0 Å². The van der Waals surface area contributed by atoms with Gasteiger partial charge in [0.05, 0.1) is 0 Å². The smallest absolute Gasteiger partial charge is 0.406 e. The Morgan fingerprint density at radius 1 is 1.40 bits per heavy atom. The normalized spacial score (nSPS) is 11.8. The summed E-state index contributed by atoms with van der Waals surface area (Å²) < 4.78 is 41.2. The van der Waals surface area contributed by atoms with Gasteiger partial charge < -0.3 is 9.32 Å². The van der Waals surface area contributed by atoms with Gasteiger partial charge in [0, 0.05) is 6.54 Å². The highest BCUT2D eigenvalue weighted by atomic mass is 35.5. The van der Waals surface area contributed by atoms with Crippen LogP contribution in [-0.2, 0) is 5.88 Å². The van der Waals surface area contributed by atoms with E-state index in [1.54, 1.807) is 6.92 Å². The van der Waals surface area contributed by atoms with Crippen LogP contribution in [0.15, 0.2) is 4.42 Å². The first-order valence-corrected chi connectivity index (χ1v) is 4.69. The summed E-state index contributed by atoms with van der Waals surface area (Å²) in [7, 11) is 0. The Morgan fingerprint density at radius 2 is 2.07 bits per heavy atom. The predicted octanol–water partition coefficient (Wildman–Crippen LogP) is 2.20. The van der Waals surface area contributed by atoms with Crippen molar-refractivity contribution >= 4 is 17.6 Å². The summed E-state index contributed by atoms with van der Waals surface area (Å²) in [4.78, 5) is 0.934. The van der Waals surface area contributed by atoms with Crippen molar-refractivity contribution in [3.63, 3.8) is 0 Å². The molecule has 0 saturated heterocycles. The zero-order chi connectivity index (χ0) is 11.5. The summed E-state index contributed by atoms with van der Waals surface area (Å²) in [5.74, 6) is 0.0867. The van der Waals surface area contributed by atoms with Crippen molar-refractivity contribution in [1.29, 1.82) is 0 Å². The molecule has 0 radical (unpaired) electrons. The third-order valence-electron chi connectivity index (χ3n) is 1.59. The minimum atomic E-state index is -4.30. The topological polar surface area (TPSA) is 42.2 Å². The SMILES string of the molecule is CCN(CC(F)(F)F)c1nnc(CCl)o1. The van der Waals surface area contributed by atoms with Crippen molar-refractivity contribution in [2.24, 2.45) is 0 Å². The van der Waals surface area contributed by atoms with E-state index in [0.29, 0.717) is 0 Å². The molecule has 1 rings (SSSR count). The van der Waals surface area contributed by atoms with Crippen LogP contribution in [-0.4, -0.2) is 29.5 Å². The molecule has 0 fully saturated rings. The molecule has 0 bridgehead atoms. The minimum Gasteiger partial charge on any atom is -0.407 e. The van der Waals surface area contributed by atoms with Gasteiger partial charge in [-0.1, -0.05) is 5.10 Å². The number of rotatable bonds is 4. The van der Waals surface area contributed by atoms with Crippen LogP contribution in [0.5, 0.6) is 0 Å². The zero-order valence-corrected chi connectivity index (χ0v) is 8.64. The van der Waals surface area contributed by atoms with Crippen molar-refractivity contribution in [2.75, 3.05) is 18.0 Å². The fourth-order valence-electron chi connectivity index (χ4n) is 0.958. The highest BCUT2D eigenvalue weighted by molar-refractivity contribution is 6.16. The minimum absolute atomic E-state index is 0.0173. The third kappa shape index (κ3) is 3.58. The van der Waals surface area contributed by atoms with E-state index in [1.165, 1.54) is 0 Å². The maximum Gasteiger partial charge on any atom is 0.406 e. The van der Waals surface area contributed by atoms with Crippen LogP contribution < -0.4 is 4.90 Å². The van der Waals surface area contributed by atoms with E-state index in [0.717, 1.165) is 4.90 Å². The molecule has 0 aromatic carbocycles. The van der Waals surface area contributed by atoms with Gasteiger partial charge in [-0.2, -0.15) is 13.2 Å². The summed E-state index contributed by atoms with van der Waals surface area (Å²) in [5.41, 5.74) is 0. The molecule has 86 valence electrons. The second-order valence-corrected chi connectivity index (χ2v) is 3.01. The molecule has 1 heterocycles. The molecular formula is C7H9ClF3N3O. The van der Waals surface area contributed by atoms with Gasteiger partial charge in [0.25, 0.3) is 0 Å². The van der Waals surface area contributed by atoms with Gasteiger partial charge >= 0.3 is 12.2 Å². The van der Waals surface area contributed by atoms with E-state index in [-0.39, 0.29) is 24.3 Å². The van der Waals surface area contributed by atoms with E-state index in [2.05, 4.69) is 10.2 Å². The zero-order valence-electron chi connectivity index (χ0n) is 7.88. The second kappa shape index (κ2) is 4.69. The lowest BCUT2D eigenvalue weighted by molar-refractivity contribution is -0.120. The molecule has 0 unspecified atom stereocenters. The summed E-state index contributed by atoms with van der Waals surface area (Å²) in [6.45, 7) is 0.577. The molecule has 0 amide bonds. The summed E-state index contributed by atoms with van der Waals surface area (Å²) in [6, 6.07) is -0.162. The number of anilines is 1. The maximum absolute atomic E-state index is 12.1. The molecule has 0 aliphatic rings. The molecule has 1 aromatic heterocycles. The largest absolute Gasteiger partial charge is 0.407 e. The number of hydrogen-bond acceptors (Lipinski definition) is 4. The molecule has 15 heavy (non-hydrogen) atoms. The number of alkyl halides is 4. The molecule has 0 spiro atoms. The van der Waals surface area contributed by atoms with Crippen molar-refractivity contribution in [2.45, 2.75) is 19.0 Å². The van der Waals surface area contributed by atoms with E-state index >= 15 is 0 Å². The van der Waals surface area contributed by atoms with Gasteiger partial charge in [-0.15, -0.1) is 16.7 Å². The number of halogens is 4. The van der Waals surface area contributed by atoms with Crippen LogP contribution in [0.25, 0.3) is 0 Å².